The second kappa shape index (κ2) is 6.51. The zero-order valence-corrected chi connectivity index (χ0v) is 16.9. The van der Waals surface area contributed by atoms with Gasteiger partial charge < -0.3 is 0 Å². The first-order chi connectivity index (χ1) is 13.1. The van der Waals surface area contributed by atoms with Gasteiger partial charge in [-0.2, -0.15) is 0 Å². The molecule has 3 unspecified atom stereocenters. The fraction of sp³-hybridized carbons (Fsp3) is 0.407. The molecule has 4 aliphatic rings. The normalized spacial score (nSPS) is 29.7. The van der Waals surface area contributed by atoms with Crippen LogP contribution >= 0.6 is 0 Å². The Morgan fingerprint density at radius 3 is 2.63 bits per heavy atom. The van der Waals surface area contributed by atoms with Crippen LogP contribution in [0, 0.1) is 11.8 Å². The van der Waals surface area contributed by atoms with E-state index >= 15 is 0 Å². The van der Waals surface area contributed by atoms with Gasteiger partial charge in [0, 0.05) is 0 Å². The van der Waals surface area contributed by atoms with Crippen molar-refractivity contribution in [3.05, 3.63) is 87.6 Å². The highest BCUT2D eigenvalue weighted by Gasteiger charge is 2.37. The Bertz CT molecular complexity index is 944. The molecule has 27 heavy (non-hydrogen) atoms. The van der Waals surface area contributed by atoms with Gasteiger partial charge in [0.2, 0.25) is 0 Å². The molecule has 0 aromatic heterocycles. The SMILES string of the molecule is CC1=CC(C)C(C2CC3=C(CCC4=C3CCC=C4)c3ccccc32)C(C)=C1. The van der Waals surface area contributed by atoms with Crippen molar-refractivity contribution in [2.75, 3.05) is 0 Å². The lowest BCUT2D eigenvalue weighted by molar-refractivity contribution is 0.385. The predicted octanol–water partition coefficient (Wildman–Crippen LogP) is 7.53. The molecule has 0 aliphatic heterocycles. The van der Waals surface area contributed by atoms with Crippen LogP contribution in [0.5, 0.6) is 0 Å². The van der Waals surface area contributed by atoms with Crippen LogP contribution in [-0.4, -0.2) is 0 Å². The minimum Gasteiger partial charge on any atom is -0.0839 e. The van der Waals surface area contributed by atoms with Gasteiger partial charge in [-0.05, 0) is 97.1 Å². The Morgan fingerprint density at radius 2 is 1.78 bits per heavy atom. The van der Waals surface area contributed by atoms with E-state index in [1.165, 1.54) is 37.7 Å². The predicted molar refractivity (Wildman–Crippen MR) is 116 cm³/mol. The Kier molecular flexibility index (Phi) is 4.11. The average Bonchev–Trinajstić information content (AvgIpc) is 2.67. The molecule has 1 aromatic carbocycles. The van der Waals surface area contributed by atoms with E-state index in [1.54, 1.807) is 39.0 Å². The summed E-state index contributed by atoms with van der Waals surface area (Å²) in [5, 5.41) is 0. The summed E-state index contributed by atoms with van der Waals surface area (Å²) in [5.41, 5.74) is 12.8. The zero-order valence-electron chi connectivity index (χ0n) is 16.9. The molecule has 0 radical (unpaired) electrons. The molecule has 0 spiro atoms. The minimum absolute atomic E-state index is 0.605. The first-order valence-electron chi connectivity index (χ1n) is 10.7. The van der Waals surface area contributed by atoms with Gasteiger partial charge >= 0.3 is 0 Å². The lowest BCUT2D eigenvalue weighted by Crippen LogP contribution is -2.27. The summed E-state index contributed by atoms with van der Waals surface area (Å²) in [7, 11) is 0. The van der Waals surface area contributed by atoms with Crippen LogP contribution in [0.4, 0.5) is 0 Å². The lowest BCUT2D eigenvalue weighted by atomic mass is 9.63. The summed E-state index contributed by atoms with van der Waals surface area (Å²) in [5.74, 6) is 1.83. The van der Waals surface area contributed by atoms with E-state index in [-0.39, 0.29) is 0 Å². The summed E-state index contributed by atoms with van der Waals surface area (Å²) in [4.78, 5) is 0. The number of hydrogen-bond acceptors (Lipinski definition) is 0. The van der Waals surface area contributed by atoms with Gasteiger partial charge in [-0.1, -0.05) is 66.6 Å². The molecule has 3 atom stereocenters. The van der Waals surface area contributed by atoms with Crippen LogP contribution in [0.1, 0.15) is 69.9 Å². The first kappa shape index (κ1) is 17.0. The number of benzene rings is 1. The standard InChI is InChI=1S/C27H30/c1-17-14-18(2)27(19(3)15-17)26-16-25-21-9-5-4-8-20(21)12-13-24(25)22-10-6-7-11-23(22)26/h4,6-8,10-11,14-15,18,26-27H,5,9,12-13,16H2,1-3H3. The van der Waals surface area contributed by atoms with Gasteiger partial charge in [-0.3, -0.25) is 0 Å². The molecule has 0 N–H and O–H groups in total. The van der Waals surface area contributed by atoms with Gasteiger partial charge in [0.25, 0.3) is 0 Å². The fourth-order valence-corrected chi connectivity index (χ4v) is 6.30. The van der Waals surface area contributed by atoms with Crippen LogP contribution in [-0.2, 0) is 0 Å². The molecule has 0 heterocycles. The summed E-state index contributed by atoms with van der Waals surface area (Å²) < 4.78 is 0. The topological polar surface area (TPSA) is 0 Å². The molecule has 0 nitrogen and oxygen atoms in total. The Hall–Kier alpha value is -2.08. The third kappa shape index (κ3) is 2.73. The van der Waals surface area contributed by atoms with E-state index in [2.05, 4.69) is 69.3 Å². The van der Waals surface area contributed by atoms with E-state index < -0.39 is 0 Å². The molecule has 0 saturated heterocycles. The van der Waals surface area contributed by atoms with Crippen molar-refractivity contribution in [2.45, 2.75) is 58.8 Å². The maximum atomic E-state index is 2.49. The smallest absolute Gasteiger partial charge is 0.00441 e. The van der Waals surface area contributed by atoms with E-state index in [0.29, 0.717) is 17.8 Å². The molecular formula is C27H30. The van der Waals surface area contributed by atoms with Crippen molar-refractivity contribution < 1.29 is 0 Å². The molecule has 0 fully saturated rings. The maximum absolute atomic E-state index is 2.49. The zero-order chi connectivity index (χ0) is 18.5. The fourth-order valence-electron chi connectivity index (χ4n) is 6.30. The van der Waals surface area contributed by atoms with Crippen LogP contribution in [0.3, 0.4) is 0 Å². The first-order valence-corrected chi connectivity index (χ1v) is 10.7. The Morgan fingerprint density at radius 1 is 0.926 bits per heavy atom. The van der Waals surface area contributed by atoms with Crippen LogP contribution in [0.15, 0.2) is 76.4 Å². The minimum atomic E-state index is 0.605. The molecule has 1 aromatic rings. The third-order valence-corrected chi connectivity index (χ3v) is 7.26. The van der Waals surface area contributed by atoms with Gasteiger partial charge in [0.15, 0.2) is 0 Å². The molecule has 4 aliphatic carbocycles. The second-order valence-corrected chi connectivity index (χ2v) is 8.98. The van der Waals surface area contributed by atoms with Crippen LogP contribution in [0.25, 0.3) is 5.57 Å². The van der Waals surface area contributed by atoms with E-state index in [0.717, 1.165) is 0 Å². The van der Waals surface area contributed by atoms with Gasteiger partial charge in [-0.25, -0.2) is 0 Å². The van der Waals surface area contributed by atoms with E-state index in [4.69, 9.17) is 0 Å². The summed E-state index contributed by atoms with van der Waals surface area (Å²) in [6.07, 6.45) is 15.8. The number of rotatable bonds is 1. The highest BCUT2D eigenvalue weighted by molar-refractivity contribution is 5.80. The Labute approximate surface area is 164 Å². The number of fused-ring (bicyclic) bond motifs is 3. The highest BCUT2D eigenvalue weighted by Crippen LogP contribution is 2.53. The molecule has 0 amide bonds. The largest absolute Gasteiger partial charge is 0.0839 e. The van der Waals surface area contributed by atoms with Crippen LogP contribution in [0.2, 0.25) is 0 Å². The molecule has 138 valence electrons. The average molecular weight is 355 g/mol. The lowest BCUT2D eigenvalue weighted by Gasteiger charge is -2.41. The number of hydrogen-bond donors (Lipinski definition) is 0. The third-order valence-electron chi connectivity index (χ3n) is 7.26. The van der Waals surface area contributed by atoms with Crippen molar-refractivity contribution in [2.24, 2.45) is 11.8 Å². The van der Waals surface area contributed by atoms with Crippen molar-refractivity contribution in [3.63, 3.8) is 0 Å². The van der Waals surface area contributed by atoms with Gasteiger partial charge in [0.1, 0.15) is 0 Å². The van der Waals surface area contributed by atoms with E-state index in [9.17, 15) is 0 Å². The molecule has 0 saturated carbocycles. The van der Waals surface area contributed by atoms with Crippen LogP contribution < -0.4 is 0 Å². The van der Waals surface area contributed by atoms with Gasteiger partial charge in [0.05, 0.1) is 0 Å². The summed E-state index contributed by atoms with van der Waals surface area (Å²) in [6.45, 7) is 7.03. The van der Waals surface area contributed by atoms with E-state index in [1.807, 2.05) is 0 Å². The highest BCUT2D eigenvalue weighted by atomic mass is 14.4. The molecular weight excluding hydrogens is 324 g/mol. The molecule has 0 bridgehead atoms. The second-order valence-electron chi connectivity index (χ2n) is 8.98. The van der Waals surface area contributed by atoms with Crippen molar-refractivity contribution in [1.82, 2.24) is 0 Å². The van der Waals surface area contributed by atoms with Crippen molar-refractivity contribution in [1.29, 1.82) is 0 Å². The van der Waals surface area contributed by atoms with Crippen molar-refractivity contribution in [3.8, 4) is 0 Å². The molecule has 0 heteroatoms. The Balaban J connectivity index is 1.64. The quantitative estimate of drug-likeness (QED) is 0.489. The van der Waals surface area contributed by atoms with Crippen molar-refractivity contribution >= 4 is 5.57 Å². The monoisotopic (exact) mass is 354 g/mol. The number of allylic oxidation sites excluding steroid dienone is 10. The van der Waals surface area contributed by atoms with Gasteiger partial charge in [-0.15, -0.1) is 0 Å². The summed E-state index contributed by atoms with van der Waals surface area (Å²) in [6, 6.07) is 9.31. The maximum Gasteiger partial charge on any atom is -0.00441 e. The molecule has 5 rings (SSSR count). The summed E-state index contributed by atoms with van der Waals surface area (Å²) >= 11 is 0.